The van der Waals surface area contributed by atoms with E-state index in [1.807, 2.05) is 30.7 Å². The first-order valence-electron chi connectivity index (χ1n) is 9.56. The summed E-state index contributed by atoms with van der Waals surface area (Å²) in [6.07, 6.45) is 13.5. The van der Waals surface area contributed by atoms with Crippen LogP contribution in [0, 0.1) is 11.3 Å². The van der Waals surface area contributed by atoms with Gasteiger partial charge in [0.1, 0.15) is 6.07 Å². The zero-order valence-electron chi connectivity index (χ0n) is 15.7. The van der Waals surface area contributed by atoms with Crippen LogP contribution < -0.4 is 5.32 Å². The molecule has 4 aromatic heterocycles. The third kappa shape index (κ3) is 3.50. The summed E-state index contributed by atoms with van der Waals surface area (Å²) >= 11 is 1.58. The first kappa shape index (κ1) is 17.9. The first-order valence-corrected chi connectivity index (χ1v) is 10.4. The van der Waals surface area contributed by atoms with Gasteiger partial charge in [-0.25, -0.2) is 4.52 Å². The second kappa shape index (κ2) is 7.70. The topological polar surface area (TPSA) is 83.8 Å². The average molecular weight is 401 g/mol. The summed E-state index contributed by atoms with van der Waals surface area (Å²) in [6, 6.07) is 8.66. The summed E-state index contributed by atoms with van der Waals surface area (Å²) in [5, 5.41) is 22.0. The lowest BCUT2D eigenvalue weighted by Gasteiger charge is -2.22. The molecule has 8 heteroatoms. The van der Waals surface area contributed by atoms with Crippen molar-refractivity contribution in [3.05, 3.63) is 60.9 Å². The molecule has 1 atom stereocenters. The largest absolute Gasteiger partial charge is 0.315 e. The molecule has 1 saturated heterocycles. The Kier molecular flexibility index (Phi) is 4.76. The molecule has 1 N–H and O–H groups in total. The normalized spacial score (nSPS) is 16.7. The molecule has 4 aromatic rings. The van der Waals surface area contributed by atoms with Gasteiger partial charge in [-0.15, -0.1) is 0 Å². The highest BCUT2D eigenvalue weighted by Crippen LogP contribution is 2.35. The van der Waals surface area contributed by atoms with Crippen molar-refractivity contribution in [3.63, 3.8) is 0 Å². The van der Waals surface area contributed by atoms with Gasteiger partial charge in [-0.05, 0) is 37.6 Å². The van der Waals surface area contributed by atoms with Gasteiger partial charge >= 0.3 is 0 Å². The maximum atomic E-state index is 9.50. The highest BCUT2D eigenvalue weighted by molar-refractivity contribution is 7.99. The molecule has 7 nitrogen and oxygen atoms in total. The molecule has 1 unspecified atom stereocenters. The lowest BCUT2D eigenvalue weighted by atomic mass is 10.1. The van der Waals surface area contributed by atoms with Gasteiger partial charge in [0.2, 0.25) is 0 Å². The van der Waals surface area contributed by atoms with Gasteiger partial charge in [0.15, 0.2) is 0 Å². The van der Waals surface area contributed by atoms with Gasteiger partial charge < -0.3 is 5.32 Å². The summed E-state index contributed by atoms with van der Waals surface area (Å²) < 4.78 is 3.84. The van der Waals surface area contributed by atoms with Crippen LogP contribution in [0.4, 0.5) is 0 Å². The predicted molar refractivity (Wildman–Crippen MR) is 111 cm³/mol. The van der Waals surface area contributed by atoms with Crippen LogP contribution in [0.5, 0.6) is 0 Å². The van der Waals surface area contributed by atoms with Gasteiger partial charge in [-0.1, -0.05) is 11.8 Å². The van der Waals surface area contributed by atoms with Crippen molar-refractivity contribution < 1.29 is 0 Å². The van der Waals surface area contributed by atoms with Crippen LogP contribution in [-0.4, -0.2) is 37.5 Å². The van der Waals surface area contributed by atoms with E-state index in [0.717, 1.165) is 45.9 Å². The SMILES string of the molecule is N#Cc1cnn2cc(-c3cnn(C4CCCNC4)c3)cc(Sc3cccnc3)c12. The number of nitrogens with one attached hydrogen (secondary N) is 1. The molecule has 144 valence electrons. The number of nitrogens with zero attached hydrogens (tertiary/aromatic N) is 6. The number of rotatable bonds is 4. The Labute approximate surface area is 172 Å². The number of pyridine rings is 2. The van der Waals surface area contributed by atoms with Crippen molar-refractivity contribution >= 4 is 17.3 Å². The fourth-order valence-corrected chi connectivity index (χ4v) is 4.68. The Hall–Kier alpha value is -3.15. The highest BCUT2D eigenvalue weighted by Gasteiger charge is 2.18. The standard InChI is InChI=1S/C21H19N7S/c22-8-16-9-26-28-13-15(7-20(21(16)28)29-19-4-2-6-24-12-19)17-10-25-27(14-17)18-3-1-5-23-11-18/h2,4,6-7,9-10,12-14,18,23H,1,3,5,11H2. The summed E-state index contributed by atoms with van der Waals surface area (Å²) in [7, 11) is 0. The van der Waals surface area contributed by atoms with Gasteiger partial charge in [-0.3, -0.25) is 9.67 Å². The van der Waals surface area contributed by atoms with Gasteiger partial charge in [0, 0.05) is 52.3 Å². The van der Waals surface area contributed by atoms with E-state index in [4.69, 9.17) is 0 Å². The number of hydrogen-bond donors (Lipinski definition) is 1. The lowest BCUT2D eigenvalue weighted by Crippen LogP contribution is -2.31. The maximum Gasteiger partial charge on any atom is 0.103 e. The molecule has 0 bridgehead atoms. The van der Waals surface area contributed by atoms with Crippen molar-refractivity contribution in [2.45, 2.75) is 28.7 Å². The minimum absolute atomic E-state index is 0.389. The Morgan fingerprint density at radius 1 is 1.17 bits per heavy atom. The summed E-state index contributed by atoms with van der Waals surface area (Å²) in [5.74, 6) is 0. The fourth-order valence-electron chi connectivity index (χ4n) is 3.68. The summed E-state index contributed by atoms with van der Waals surface area (Å²) in [6.45, 7) is 2.03. The molecule has 0 spiro atoms. The predicted octanol–water partition coefficient (Wildman–Crippen LogP) is 3.54. The molecule has 0 saturated carbocycles. The maximum absolute atomic E-state index is 9.50. The van der Waals surface area contributed by atoms with Crippen molar-refractivity contribution in [2.24, 2.45) is 0 Å². The summed E-state index contributed by atoms with van der Waals surface area (Å²) in [4.78, 5) is 6.18. The van der Waals surface area contributed by atoms with E-state index < -0.39 is 0 Å². The monoisotopic (exact) mass is 401 g/mol. The third-order valence-corrected chi connectivity index (χ3v) is 6.15. The van der Waals surface area contributed by atoms with E-state index in [0.29, 0.717) is 11.6 Å². The van der Waals surface area contributed by atoms with Crippen LogP contribution in [0.1, 0.15) is 24.4 Å². The van der Waals surface area contributed by atoms with E-state index in [-0.39, 0.29) is 0 Å². The van der Waals surface area contributed by atoms with Crippen molar-refractivity contribution in [2.75, 3.05) is 13.1 Å². The molecule has 29 heavy (non-hydrogen) atoms. The minimum Gasteiger partial charge on any atom is -0.315 e. The quantitative estimate of drug-likeness (QED) is 0.563. The minimum atomic E-state index is 0.389. The zero-order valence-corrected chi connectivity index (χ0v) is 16.5. The Morgan fingerprint density at radius 3 is 2.93 bits per heavy atom. The van der Waals surface area contributed by atoms with Crippen molar-refractivity contribution in [1.29, 1.82) is 5.26 Å². The second-order valence-corrected chi connectivity index (χ2v) is 8.17. The zero-order chi connectivity index (χ0) is 19.6. The van der Waals surface area contributed by atoms with Gasteiger partial charge in [0.25, 0.3) is 0 Å². The van der Waals surface area contributed by atoms with Crippen LogP contribution >= 0.6 is 11.8 Å². The number of piperidine rings is 1. The van der Waals surface area contributed by atoms with E-state index in [2.05, 4.69) is 43.5 Å². The van der Waals surface area contributed by atoms with Crippen LogP contribution in [0.2, 0.25) is 0 Å². The molecule has 1 aliphatic heterocycles. The number of hydrogen-bond acceptors (Lipinski definition) is 6. The molecule has 0 aliphatic carbocycles. The molecule has 5 rings (SSSR count). The van der Waals surface area contributed by atoms with Crippen LogP contribution in [0.25, 0.3) is 16.6 Å². The van der Waals surface area contributed by atoms with E-state index >= 15 is 0 Å². The molecule has 0 aromatic carbocycles. The summed E-state index contributed by atoms with van der Waals surface area (Å²) in [5.41, 5.74) is 3.44. The Balaban J connectivity index is 1.56. The van der Waals surface area contributed by atoms with Gasteiger partial charge in [-0.2, -0.15) is 15.5 Å². The third-order valence-electron chi connectivity index (χ3n) is 5.14. The first-order chi connectivity index (χ1) is 14.3. The van der Waals surface area contributed by atoms with E-state index in [1.165, 1.54) is 6.42 Å². The van der Waals surface area contributed by atoms with Crippen LogP contribution in [0.3, 0.4) is 0 Å². The van der Waals surface area contributed by atoms with Crippen molar-refractivity contribution in [3.8, 4) is 17.2 Å². The molecule has 5 heterocycles. The highest BCUT2D eigenvalue weighted by atomic mass is 32.2. The molecule has 1 aliphatic rings. The Morgan fingerprint density at radius 2 is 2.14 bits per heavy atom. The molecular formula is C21H19N7S. The molecule has 0 radical (unpaired) electrons. The van der Waals surface area contributed by atoms with Crippen molar-refractivity contribution in [1.82, 2.24) is 29.7 Å². The average Bonchev–Trinajstić information content (AvgIpc) is 3.42. The number of nitriles is 1. The van der Waals surface area contributed by atoms with Crippen LogP contribution in [0.15, 0.2) is 65.2 Å². The number of aromatic nitrogens is 5. The second-order valence-electron chi connectivity index (χ2n) is 7.06. The van der Waals surface area contributed by atoms with Gasteiger partial charge in [0.05, 0.1) is 29.5 Å². The van der Waals surface area contributed by atoms with E-state index in [1.54, 1.807) is 28.7 Å². The molecule has 0 amide bonds. The number of fused-ring (bicyclic) bond motifs is 1. The van der Waals surface area contributed by atoms with E-state index in [9.17, 15) is 5.26 Å². The Bertz CT molecular complexity index is 1180. The smallest absolute Gasteiger partial charge is 0.103 e. The lowest BCUT2D eigenvalue weighted by molar-refractivity contribution is 0.347. The molecule has 1 fully saturated rings. The fraction of sp³-hybridized carbons (Fsp3) is 0.238. The molecular weight excluding hydrogens is 382 g/mol. The van der Waals surface area contributed by atoms with Crippen LogP contribution in [-0.2, 0) is 0 Å².